The third-order valence-corrected chi connectivity index (χ3v) is 3.63. The van der Waals surface area contributed by atoms with Gasteiger partial charge in [-0.25, -0.2) is 0 Å². The van der Waals surface area contributed by atoms with E-state index in [9.17, 15) is 0 Å². The molecular weight excluding hydrogens is 254 g/mol. The van der Waals surface area contributed by atoms with Crippen molar-refractivity contribution in [1.82, 2.24) is 4.98 Å². The number of methoxy groups -OCH3 is 1. The summed E-state index contributed by atoms with van der Waals surface area (Å²) in [5.74, 6) is 1.47. The first-order valence-electron chi connectivity index (χ1n) is 7.40. The Morgan fingerprint density at radius 1 is 1.30 bits per heavy atom. The normalized spacial score (nSPS) is 22.5. The fourth-order valence-corrected chi connectivity index (χ4v) is 2.42. The molecular formula is C15H25N3O2. The van der Waals surface area contributed by atoms with Crippen molar-refractivity contribution < 1.29 is 9.47 Å². The number of rotatable bonds is 7. The molecule has 1 aliphatic carbocycles. The van der Waals surface area contributed by atoms with Crippen LogP contribution in [0.25, 0.3) is 0 Å². The van der Waals surface area contributed by atoms with Gasteiger partial charge >= 0.3 is 0 Å². The molecule has 1 aromatic heterocycles. The zero-order chi connectivity index (χ0) is 14.2. The van der Waals surface area contributed by atoms with Crippen LogP contribution in [0.2, 0.25) is 0 Å². The summed E-state index contributed by atoms with van der Waals surface area (Å²) in [5.41, 5.74) is 5.88. The van der Waals surface area contributed by atoms with Gasteiger partial charge in [0.25, 0.3) is 0 Å². The second-order valence-corrected chi connectivity index (χ2v) is 5.25. The fourth-order valence-electron chi connectivity index (χ4n) is 2.42. The Balaban J connectivity index is 1.57. The highest BCUT2D eigenvalue weighted by molar-refractivity contribution is 5.36. The molecule has 2 rings (SSSR count). The minimum absolute atomic E-state index is 0.385. The van der Waals surface area contributed by atoms with Gasteiger partial charge in [-0.2, -0.15) is 4.98 Å². The molecule has 20 heavy (non-hydrogen) atoms. The van der Waals surface area contributed by atoms with E-state index in [1.165, 1.54) is 0 Å². The monoisotopic (exact) mass is 279 g/mol. The highest BCUT2D eigenvalue weighted by Gasteiger charge is 2.18. The number of ether oxygens (including phenoxy) is 2. The minimum atomic E-state index is 0.385. The molecule has 1 aliphatic rings. The number of nitrogens with zero attached hydrogens (tertiary/aromatic N) is 1. The molecule has 1 saturated carbocycles. The molecule has 0 spiro atoms. The first-order valence-corrected chi connectivity index (χ1v) is 7.40. The smallest absolute Gasteiger partial charge is 0.214 e. The van der Waals surface area contributed by atoms with Crippen LogP contribution < -0.4 is 15.8 Å². The SMILES string of the molecule is COc1cccc(NCCCOC2CCC(N)CC2)n1. The van der Waals surface area contributed by atoms with Crippen molar-refractivity contribution in [3.05, 3.63) is 18.2 Å². The van der Waals surface area contributed by atoms with Crippen LogP contribution in [0.5, 0.6) is 5.88 Å². The van der Waals surface area contributed by atoms with E-state index in [1.807, 2.05) is 18.2 Å². The molecule has 0 amide bonds. The van der Waals surface area contributed by atoms with Crippen molar-refractivity contribution >= 4 is 5.82 Å². The maximum atomic E-state index is 5.88. The van der Waals surface area contributed by atoms with E-state index in [0.29, 0.717) is 18.0 Å². The predicted molar refractivity (Wildman–Crippen MR) is 80.1 cm³/mol. The Kier molecular flexibility index (Phi) is 6.08. The highest BCUT2D eigenvalue weighted by Crippen LogP contribution is 2.19. The first kappa shape index (κ1) is 15.1. The first-order chi connectivity index (χ1) is 9.78. The van der Waals surface area contributed by atoms with Gasteiger partial charge in [-0.15, -0.1) is 0 Å². The maximum Gasteiger partial charge on any atom is 0.214 e. The zero-order valence-electron chi connectivity index (χ0n) is 12.2. The van der Waals surface area contributed by atoms with Crippen LogP contribution in [-0.4, -0.2) is 37.4 Å². The lowest BCUT2D eigenvalue weighted by atomic mass is 9.94. The van der Waals surface area contributed by atoms with Gasteiger partial charge in [-0.05, 0) is 38.2 Å². The molecule has 0 atom stereocenters. The summed E-state index contributed by atoms with van der Waals surface area (Å²) in [6, 6.07) is 6.08. The molecule has 1 fully saturated rings. The van der Waals surface area contributed by atoms with Gasteiger partial charge in [0.2, 0.25) is 5.88 Å². The number of nitrogens with one attached hydrogen (secondary N) is 1. The van der Waals surface area contributed by atoms with E-state index in [1.54, 1.807) is 7.11 Å². The topological polar surface area (TPSA) is 69.4 Å². The summed E-state index contributed by atoms with van der Waals surface area (Å²) >= 11 is 0. The van der Waals surface area contributed by atoms with E-state index in [4.69, 9.17) is 15.2 Å². The van der Waals surface area contributed by atoms with Crippen molar-refractivity contribution in [3.63, 3.8) is 0 Å². The van der Waals surface area contributed by atoms with Crippen LogP contribution in [0, 0.1) is 0 Å². The lowest BCUT2D eigenvalue weighted by molar-refractivity contribution is 0.0251. The quantitative estimate of drug-likeness (QED) is 0.749. The van der Waals surface area contributed by atoms with Gasteiger partial charge in [0.05, 0.1) is 13.2 Å². The molecule has 3 N–H and O–H groups in total. The Morgan fingerprint density at radius 3 is 2.85 bits per heavy atom. The third-order valence-electron chi connectivity index (χ3n) is 3.63. The number of aromatic nitrogens is 1. The van der Waals surface area contributed by atoms with E-state index < -0.39 is 0 Å². The fraction of sp³-hybridized carbons (Fsp3) is 0.667. The van der Waals surface area contributed by atoms with Gasteiger partial charge in [-0.3, -0.25) is 0 Å². The summed E-state index contributed by atoms with van der Waals surface area (Å²) in [6.07, 6.45) is 5.78. The molecule has 0 radical (unpaired) electrons. The van der Waals surface area contributed by atoms with Gasteiger partial charge in [0.15, 0.2) is 0 Å². The molecule has 0 bridgehead atoms. The summed E-state index contributed by atoms with van der Waals surface area (Å²) in [5, 5.41) is 3.27. The number of hydrogen-bond acceptors (Lipinski definition) is 5. The van der Waals surface area contributed by atoms with Crippen LogP contribution in [0.3, 0.4) is 0 Å². The second-order valence-electron chi connectivity index (χ2n) is 5.25. The van der Waals surface area contributed by atoms with Gasteiger partial charge in [0.1, 0.15) is 5.82 Å². The number of nitrogens with two attached hydrogens (primary N) is 1. The van der Waals surface area contributed by atoms with Crippen LogP contribution in [-0.2, 0) is 4.74 Å². The van der Waals surface area contributed by atoms with Crippen molar-refractivity contribution in [1.29, 1.82) is 0 Å². The van der Waals surface area contributed by atoms with E-state index in [2.05, 4.69) is 10.3 Å². The predicted octanol–water partition coefficient (Wildman–Crippen LogP) is 2.18. The highest BCUT2D eigenvalue weighted by atomic mass is 16.5. The van der Waals surface area contributed by atoms with Crippen molar-refractivity contribution in [2.75, 3.05) is 25.6 Å². The van der Waals surface area contributed by atoms with Crippen LogP contribution in [0.4, 0.5) is 5.82 Å². The Bertz CT molecular complexity index is 392. The van der Waals surface area contributed by atoms with Gasteiger partial charge < -0.3 is 20.5 Å². The van der Waals surface area contributed by atoms with Crippen molar-refractivity contribution in [2.24, 2.45) is 5.73 Å². The second kappa shape index (κ2) is 8.07. The van der Waals surface area contributed by atoms with Crippen molar-refractivity contribution in [3.8, 4) is 5.88 Å². The van der Waals surface area contributed by atoms with Crippen LogP contribution >= 0.6 is 0 Å². The van der Waals surface area contributed by atoms with Gasteiger partial charge in [0, 0.05) is 25.3 Å². The molecule has 0 aromatic carbocycles. The number of pyridine rings is 1. The largest absolute Gasteiger partial charge is 0.481 e. The Morgan fingerprint density at radius 2 is 2.10 bits per heavy atom. The summed E-state index contributed by atoms with van der Waals surface area (Å²) in [4.78, 5) is 4.30. The molecule has 5 heteroatoms. The number of anilines is 1. The zero-order valence-corrected chi connectivity index (χ0v) is 12.2. The van der Waals surface area contributed by atoms with E-state index >= 15 is 0 Å². The van der Waals surface area contributed by atoms with E-state index in [0.717, 1.165) is 51.1 Å². The molecule has 1 aromatic rings. The van der Waals surface area contributed by atoms with E-state index in [-0.39, 0.29) is 0 Å². The van der Waals surface area contributed by atoms with Crippen LogP contribution in [0.15, 0.2) is 18.2 Å². The molecule has 1 heterocycles. The molecule has 0 saturated heterocycles. The maximum absolute atomic E-state index is 5.88. The average molecular weight is 279 g/mol. The Labute approximate surface area is 120 Å². The molecule has 112 valence electrons. The van der Waals surface area contributed by atoms with Crippen LogP contribution in [0.1, 0.15) is 32.1 Å². The lowest BCUT2D eigenvalue weighted by Gasteiger charge is -2.26. The Hall–Kier alpha value is -1.33. The number of hydrogen-bond donors (Lipinski definition) is 2. The summed E-state index contributed by atoms with van der Waals surface area (Å²) in [7, 11) is 1.62. The molecule has 0 unspecified atom stereocenters. The average Bonchev–Trinajstić information content (AvgIpc) is 2.49. The summed E-state index contributed by atoms with van der Waals surface area (Å²) in [6.45, 7) is 1.64. The standard InChI is InChI=1S/C15H25N3O2/c1-19-15-5-2-4-14(18-15)17-10-3-11-20-13-8-6-12(16)7-9-13/h2,4-5,12-13H,3,6-11,16H2,1H3,(H,17,18). The third kappa shape index (κ3) is 4.98. The molecule has 0 aliphatic heterocycles. The summed E-state index contributed by atoms with van der Waals surface area (Å²) < 4.78 is 11.0. The van der Waals surface area contributed by atoms with Gasteiger partial charge in [-0.1, -0.05) is 6.07 Å². The van der Waals surface area contributed by atoms with Crippen molar-refractivity contribution in [2.45, 2.75) is 44.2 Å². The lowest BCUT2D eigenvalue weighted by Crippen LogP contribution is -2.30. The minimum Gasteiger partial charge on any atom is -0.481 e. The molecule has 5 nitrogen and oxygen atoms in total.